The third-order valence-electron chi connectivity index (χ3n) is 5.81. The van der Waals surface area contributed by atoms with Gasteiger partial charge in [0.25, 0.3) is 0 Å². The number of aromatic nitrogens is 2. The Morgan fingerprint density at radius 2 is 1.54 bits per heavy atom. The summed E-state index contributed by atoms with van der Waals surface area (Å²) in [4.78, 5) is 15.7. The molecule has 0 fully saturated rings. The number of methoxy groups -OCH3 is 1. The average Bonchev–Trinajstić information content (AvgIpc) is 3.33. The Morgan fingerprint density at radius 3 is 2.11 bits per heavy atom. The molecule has 1 N–H and O–H groups in total. The maximum Gasteiger partial charge on any atom is 0.417 e. The number of hydrogen-bond acceptors (Lipinski definition) is 4. The molecule has 0 saturated heterocycles. The number of hydrogen-bond donors (Lipinski definition) is 1. The standard InChI is InChI=1S/C29H25F3N2O3/c1-28(2,36)25-18-34(27(33-25)23-6-4-5-7-24(23)29(30,31)32)22-15-13-21(14-16-22)20-11-8-19(9-12-20)10-17-26(35)37-3/h4-18,36H,1-3H3/b17-10+. The van der Waals surface area contributed by atoms with Gasteiger partial charge in [0.15, 0.2) is 0 Å². The molecule has 0 radical (unpaired) electrons. The van der Waals surface area contributed by atoms with Crippen LogP contribution < -0.4 is 0 Å². The highest BCUT2D eigenvalue weighted by molar-refractivity contribution is 5.87. The zero-order valence-corrected chi connectivity index (χ0v) is 20.5. The van der Waals surface area contributed by atoms with E-state index in [0.29, 0.717) is 5.69 Å². The van der Waals surface area contributed by atoms with E-state index in [-0.39, 0.29) is 17.1 Å². The van der Waals surface area contributed by atoms with E-state index in [1.807, 2.05) is 36.4 Å². The first-order valence-corrected chi connectivity index (χ1v) is 11.4. The highest BCUT2D eigenvalue weighted by Gasteiger charge is 2.35. The van der Waals surface area contributed by atoms with E-state index >= 15 is 0 Å². The molecule has 0 unspecified atom stereocenters. The van der Waals surface area contributed by atoms with Crippen LogP contribution in [-0.4, -0.2) is 27.7 Å². The fourth-order valence-electron chi connectivity index (χ4n) is 3.82. The number of carbonyl (C=O) groups is 1. The molecule has 0 saturated carbocycles. The van der Waals surface area contributed by atoms with E-state index in [0.717, 1.165) is 22.8 Å². The van der Waals surface area contributed by atoms with Crippen LogP contribution in [0, 0.1) is 0 Å². The van der Waals surface area contributed by atoms with Crippen molar-refractivity contribution in [3.63, 3.8) is 0 Å². The van der Waals surface area contributed by atoms with Gasteiger partial charge in [-0.05, 0) is 54.8 Å². The van der Waals surface area contributed by atoms with Crippen molar-refractivity contribution in [3.8, 4) is 28.2 Å². The molecule has 8 heteroatoms. The van der Waals surface area contributed by atoms with Crippen LogP contribution in [0.25, 0.3) is 34.3 Å². The molecule has 4 rings (SSSR count). The summed E-state index contributed by atoms with van der Waals surface area (Å²) in [6.07, 6.45) is -0.0199. The maximum atomic E-state index is 13.8. The number of rotatable bonds is 6. The zero-order valence-electron chi connectivity index (χ0n) is 20.5. The molecule has 3 aromatic carbocycles. The van der Waals surface area contributed by atoms with Crippen LogP contribution in [0.5, 0.6) is 0 Å². The molecule has 190 valence electrons. The van der Waals surface area contributed by atoms with Crippen LogP contribution in [0.2, 0.25) is 0 Å². The van der Waals surface area contributed by atoms with E-state index in [2.05, 4.69) is 9.72 Å². The van der Waals surface area contributed by atoms with Gasteiger partial charge in [-0.25, -0.2) is 9.78 Å². The second-order valence-corrected chi connectivity index (χ2v) is 8.95. The number of esters is 1. The number of halogens is 3. The summed E-state index contributed by atoms with van der Waals surface area (Å²) in [7, 11) is 1.31. The number of ether oxygens (including phenoxy) is 1. The molecule has 0 aliphatic rings. The molecule has 0 amide bonds. The van der Waals surface area contributed by atoms with Gasteiger partial charge in [-0.3, -0.25) is 4.57 Å². The Hall–Kier alpha value is -4.17. The Morgan fingerprint density at radius 1 is 0.946 bits per heavy atom. The molecule has 0 bridgehead atoms. The molecule has 5 nitrogen and oxygen atoms in total. The van der Waals surface area contributed by atoms with Crippen molar-refractivity contribution < 1.29 is 27.8 Å². The first-order valence-electron chi connectivity index (χ1n) is 11.4. The molecule has 0 atom stereocenters. The molecular weight excluding hydrogens is 481 g/mol. The number of carbonyl (C=O) groups excluding carboxylic acids is 1. The topological polar surface area (TPSA) is 64.3 Å². The zero-order chi connectivity index (χ0) is 26.8. The van der Waals surface area contributed by atoms with Gasteiger partial charge in [0, 0.05) is 23.5 Å². The summed E-state index contributed by atoms with van der Waals surface area (Å²) < 4.78 is 47.5. The molecule has 37 heavy (non-hydrogen) atoms. The largest absolute Gasteiger partial charge is 0.466 e. The normalized spacial score (nSPS) is 12.2. The highest BCUT2D eigenvalue weighted by atomic mass is 19.4. The van der Waals surface area contributed by atoms with E-state index in [1.54, 1.807) is 29.0 Å². The van der Waals surface area contributed by atoms with Crippen LogP contribution in [0.3, 0.4) is 0 Å². The van der Waals surface area contributed by atoms with Gasteiger partial charge in [-0.15, -0.1) is 0 Å². The fourth-order valence-corrected chi connectivity index (χ4v) is 3.82. The van der Waals surface area contributed by atoms with E-state index in [1.165, 1.54) is 45.2 Å². The summed E-state index contributed by atoms with van der Waals surface area (Å²) in [6.45, 7) is 3.07. The number of alkyl halides is 3. The van der Waals surface area contributed by atoms with Crippen molar-refractivity contribution in [1.82, 2.24) is 9.55 Å². The quantitative estimate of drug-likeness (QED) is 0.235. The van der Waals surface area contributed by atoms with Gasteiger partial charge < -0.3 is 9.84 Å². The maximum absolute atomic E-state index is 13.8. The van der Waals surface area contributed by atoms with Gasteiger partial charge in [-0.2, -0.15) is 13.2 Å². The highest BCUT2D eigenvalue weighted by Crippen LogP contribution is 2.38. The summed E-state index contributed by atoms with van der Waals surface area (Å²) >= 11 is 0. The van der Waals surface area contributed by atoms with Crippen molar-refractivity contribution in [2.75, 3.05) is 7.11 Å². The van der Waals surface area contributed by atoms with Crippen LogP contribution in [0.15, 0.2) is 85.1 Å². The molecule has 4 aromatic rings. The minimum Gasteiger partial charge on any atom is -0.466 e. The van der Waals surface area contributed by atoms with E-state index in [4.69, 9.17) is 0 Å². The minimum atomic E-state index is -4.57. The summed E-state index contributed by atoms with van der Waals surface area (Å²) in [6, 6.07) is 20.1. The van der Waals surface area contributed by atoms with E-state index < -0.39 is 23.3 Å². The van der Waals surface area contributed by atoms with Crippen molar-refractivity contribution >= 4 is 12.0 Å². The molecule has 0 spiro atoms. The van der Waals surface area contributed by atoms with Crippen LogP contribution in [0.4, 0.5) is 13.2 Å². The van der Waals surface area contributed by atoms with Gasteiger partial charge in [0.2, 0.25) is 0 Å². The first kappa shape index (κ1) is 25.9. The third kappa shape index (κ3) is 5.81. The number of nitrogens with zero attached hydrogens (tertiary/aromatic N) is 2. The van der Waals surface area contributed by atoms with Crippen molar-refractivity contribution in [3.05, 3.63) is 102 Å². The van der Waals surface area contributed by atoms with Crippen LogP contribution in [0.1, 0.15) is 30.7 Å². The lowest BCUT2D eigenvalue weighted by atomic mass is 10.0. The average molecular weight is 507 g/mol. The van der Waals surface area contributed by atoms with Gasteiger partial charge >= 0.3 is 12.1 Å². The smallest absolute Gasteiger partial charge is 0.417 e. The lowest BCUT2D eigenvalue weighted by Crippen LogP contribution is -2.15. The van der Waals surface area contributed by atoms with Crippen LogP contribution in [-0.2, 0) is 21.3 Å². The molecule has 1 heterocycles. The lowest BCUT2D eigenvalue weighted by Gasteiger charge is -2.14. The second-order valence-electron chi connectivity index (χ2n) is 8.95. The number of benzene rings is 3. The minimum absolute atomic E-state index is 0.0785. The Labute approximate surface area is 212 Å². The Balaban J connectivity index is 1.72. The molecule has 0 aliphatic heterocycles. The molecular formula is C29H25F3N2O3. The lowest BCUT2D eigenvalue weighted by molar-refractivity contribution is -0.137. The summed E-state index contributed by atoms with van der Waals surface area (Å²) in [5.41, 5.74) is 1.26. The summed E-state index contributed by atoms with van der Waals surface area (Å²) in [5.74, 6) is -0.358. The van der Waals surface area contributed by atoms with Crippen LogP contribution >= 0.6 is 0 Å². The van der Waals surface area contributed by atoms with Gasteiger partial charge in [0.1, 0.15) is 11.4 Å². The Bertz CT molecular complexity index is 1430. The predicted molar refractivity (Wildman–Crippen MR) is 136 cm³/mol. The predicted octanol–water partition coefficient (Wildman–Crippen LogP) is 6.64. The summed E-state index contributed by atoms with van der Waals surface area (Å²) in [5, 5.41) is 10.5. The van der Waals surface area contributed by atoms with Crippen molar-refractivity contribution in [2.24, 2.45) is 0 Å². The fraction of sp³-hybridized carbons (Fsp3) is 0.172. The SMILES string of the molecule is COC(=O)/C=C/c1ccc(-c2ccc(-n3cc(C(C)(C)O)nc3-c3ccccc3C(F)(F)F)cc2)cc1. The Kier molecular flexibility index (Phi) is 7.05. The number of imidazole rings is 1. The third-order valence-corrected chi connectivity index (χ3v) is 5.81. The van der Waals surface area contributed by atoms with Gasteiger partial charge in [0.05, 0.1) is 18.4 Å². The van der Waals surface area contributed by atoms with Crippen molar-refractivity contribution in [2.45, 2.75) is 25.6 Å². The molecule has 0 aliphatic carbocycles. The van der Waals surface area contributed by atoms with Crippen molar-refractivity contribution in [1.29, 1.82) is 0 Å². The van der Waals surface area contributed by atoms with Gasteiger partial charge in [-0.1, -0.05) is 54.6 Å². The monoisotopic (exact) mass is 506 g/mol. The second kappa shape index (κ2) is 10.1. The number of aliphatic hydroxyl groups is 1. The van der Waals surface area contributed by atoms with E-state index in [9.17, 15) is 23.1 Å². The first-order chi connectivity index (χ1) is 17.5. The molecule has 1 aromatic heterocycles.